The minimum absolute atomic E-state index is 0.0160. The first-order valence-electron chi connectivity index (χ1n) is 14.0. The Labute approximate surface area is 231 Å². The summed E-state index contributed by atoms with van der Waals surface area (Å²) in [6.07, 6.45) is 7.24. The summed E-state index contributed by atoms with van der Waals surface area (Å²) >= 11 is 0. The lowest BCUT2D eigenvalue weighted by Crippen LogP contribution is -2.45. The summed E-state index contributed by atoms with van der Waals surface area (Å²) in [6, 6.07) is 6.21. The molecule has 2 fully saturated rings. The maximum Gasteiger partial charge on any atom is 0.248 e. The number of aryl methyl sites for hydroxylation is 1. The number of aromatic nitrogens is 1. The summed E-state index contributed by atoms with van der Waals surface area (Å²) in [5.74, 6) is 0.675. The molecule has 1 amide bonds. The van der Waals surface area contributed by atoms with Gasteiger partial charge in [0.25, 0.3) is 0 Å². The summed E-state index contributed by atoms with van der Waals surface area (Å²) in [7, 11) is -3.89. The van der Waals surface area contributed by atoms with Crippen LogP contribution >= 0.6 is 0 Å². The highest BCUT2D eigenvalue weighted by molar-refractivity contribution is 7.89. The lowest BCUT2D eigenvalue weighted by molar-refractivity contribution is -0.126. The number of halogens is 1. The monoisotopic (exact) mass is 560 g/mol. The van der Waals surface area contributed by atoms with E-state index in [-0.39, 0.29) is 41.3 Å². The maximum atomic E-state index is 14.0. The average Bonchev–Trinajstić information content (AvgIpc) is 3.31. The molecule has 1 aromatic heterocycles. The normalized spacial score (nSPS) is 18.8. The standard InChI is InChI=1S/C29H41FN4O4S/c1-21(2)10-15-33-16-11-23(12-17-33)20-31-29(35)25-13-18-34(19-14-25)39(36,37)28-22(3)32-38-27(28)9-8-24-6-4-5-7-26(24)30/h4-9,21,23,25H,10-20H2,1-3H3,(H,31,35). The highest BCUT2D eigenvalue weighted by Crippen LogP contribution is 2.29. The van der Waals surface area contributed by atoms with E-state index in [2.05, 4.69) is 29.2 Å². The molecule has 0 atom stereocenters. The van der Waals surface area contributed by atoms with Gasteiger partial charge in [0.05, 0.1) is 0 Å². The van der Waals surface area contributed by atoms with E-state index in [1.807, 2.05) is 0 Å². The van der Waals surface area contributed by atoms with Crippen molar-refractivity contribution in [2.24, 2.45) is 17.8 Å². The van der Waals surface area contributed by atoms with E-state index in [9.17, 15) is 17.6 Å². The molecule has 1 aromatic carbocycles. The summed E-state index contributed by atoms with van der Waals surface area (Å²) < 4.78 is 47.7. The molecule has 2 saturated heterocycles. The van der Waals surface area contributed by atoms with E-state index in [1.165, 1.54) is 28.9 Å². The van der Waals surface area contributed by atoms with Gasteiger partial charge in [-0.1, -0.05) is 37.2 Å². The number of sulfonamides is 1. The van der Waals surface area contributed by atoms with Gasteiger partial charge in [-0.15, -0.1) is 0 Å². The Bertz CT molecular complexity index is 1240. The molecule has 0 bridgehead atoms. The van der Waals surface area contributed by atoms with Gasteiger partial charge >= 0.3 is 0 Å². The molecule has 8 nitrogen and oxygen atoms in total. The van der Waals surface area contributed by atoms with Crippen molar-refractivity contribution in [2.45, 2.75) is 57.8 Å². The van der Waals surface area contributed by atoms with Crippen LogP contribution in [0.5, 0.6) is 0 Å². The third-order valence-corrected chi connectivity index (χ3v) is 9.93. The van der Waals surface area contributed by atoms with E-state index >= 15 is 0 Å². The van der Waals surface area contributed by atoms with E-state index in [0.717, 1.165) is 32.5 Å². The number of carbonyl (C=O) groups is 1. The number of nitrogens with one attached hydrogen (secondary N) is 1. The fraction of sp³-hybridized carbons (Fsp3) is 0.586. The van der Waals surface area contributed by atoms with Gasteiger partial charge in [-0.3, -0.25) is 4.79 Å². The van der Waals surface area contributed by atoms with Crippen LogP contribution in [0.4, 0.5) is 4.39 Å². The van der Waals surface area contributed by atoms with E-state index < -0.39 is 15.8 Å². The SMILES string of the molecule is Cc1noc(C=Cc2ccccc2F)c1S(=O)(=O)N1CCC(C(=O)NCC2CCN(CCC(C)C)CC2)CC1. The Morgan fingerprint density at radius 2 is 1.82 bits per heavy atom. The molecular weight excluding hydrogens is 519 g/mol. The fourth-order valence-corrected chi connectivity index (χ4v) is 7.03. The minimum atomic E-state index is -3.89. The number of amides is 1. The number of likely N-dealkylation sites (tertiary alicyclic amines) is 1. The third kappa shape index (κ3) is 7.55. The van der Waals surface area contributed by atoms with Crippen LogP contribution in [0.25, 0.3) is 12.2 Å². The molecule has 4 rings (SSSR count). The van der Waals surface area contributed by atoms with Crippen LogP contribution < -0.4 is 5.32 Å². The lowest BCUT2D eigenvalue weighted by atomic mass is 9.94. The number of hydrogen-bond donors (Lipinski definition) is 1. The van der Waals surface area contributed by atoms with Gasteiger partial charge in [0.1, 0.15) is 11.5 Å². The Morgan fingerprint density at radius 3 is 2.49 bits per heavy atom. The third-order valence-electron chi connectivity index (χ3n) is 7.87. The first-order chi connectivity index (χ1) is 18.6. The van der Waals surface area contributed by atoms with Crippen molar-refractivity contribution < 1.29 is 22.1 Å². The van der Waals surface area contributed by atoms with Crippen molar-refractivity contribution in [3.05, 3.63) is 47.1 Å². The van der Waals surface area contributed by atoms with Crippen LogP contribution in [-0.2, 0) is 14.8 Å². The zero-order valence-corrected chi connectivity index (χ0v) is 24.1. The topological polar surface area (TPSA) is 95.8 Å². The number of rotatable bonds is 10. The van der Waals surface area contributed by atoms with Crippen LogP contribution in [0.3, 0.4) is 0 Å². The minimum Gasteiger partial charge on any atom is -0.356 e. The molecule has 10 heteroatoms. The highest BCUT2D eigenvalue weighted by Gasteiger charge is 2.36. The van der Waals surface area contributed by atoms with Gasteiger partial charge in [-0.25, -0.2) is 12.8 Å². The molecule has 2 aromatic rings. The number of hydrogen-bond acceptors (Lipinski definition) is 6. The molecule has 0 saturated carbocycles. The van der Waals surface area contributed by atoms with E-state index in [4.69, 9.17) is 4.52 Å². The second-order valence-corrected chi connectivity index (χ2v) is 13.1. The first-order valence-corrected chi connectivity index (χ1v) is 15.5. The number of piperidine rings is 2. The van der Waals surface area contributed by atoms with Gasteiger partial charge in [0.15, 0.2) is 10.7 Å². The first kappa shape index (κ1) is 29.4. The highest BCUT2D eigenvalue weighted by atomic mass is 32.2. The van der Waals surface area contributed by atoms with Crippen LogP contribution in [0, 0.1) is 30.5 Å². The predicted molar refractivity (Wildman–Crippen MR) is 150 cm³/mol. The van der Waals surface area contributed by atoms with Gasteiger partial charge in [0.2, 0.25) is 15.9 Å². The van der Waals surface area contributed by atoms with Crippen molar-refractivity contribution >= 4 is 28.1 Å². The quantitative estimate of drug-likeness (QED) is 0.458. The second kappa shape index (κ2) is 13.2. The summed E-state index contributed by atoms with van der Waals surface area (Å²) in [5.41, 5.74) is 0.566. The van der Waals surface area contributed by atoms with Crippen molar-refractivity contribution in [1.82, 2.24) is 19.7 Å². The fourth-order valence-electron chi connectivity index (χ4n) is 5.31. The van der Waals surface area contributed by atoms with Crippen LogP contribution in [0.1, 0.15) is 63.0 Å². The van der Waals surface area contributed by atoms with Crippen molar-refractivity contribution in [3.63, 3.8) is 0 Å². The van der Waals surface area contributed by atoms with Crippen molar-refractivity contribution in [3.8, 4) is 0 Å². The zero-order valence-electron chi connectivity index (χ0n) is 23.2. The van der Waals surface area contributed by atoms with Crippen molar-refractivity contribution in [1.29, 1.82) is 0 Å². The molecule has 214 valence electrons. The molecule has 2 aliphatic rings. The maximum absolute atomic E-state index is 14.0. The predicted octanol–water partition coefficient (Wildman–Crippen LogP) is 4.57. The lowest BCUT2D eigenvalue weighted by Gasteiger charge is -2.33. The summed E-state index contributed by atoms with van der Waals surface area (Å²) in [6.45, 7) is 10.6. The van der Waals surface area contributed by atoms with Gasteiger partial charge in [0, 0.05) is 31.1 Å². The summed E-state index contributed by atoms with van der Waals surface area (Å²) in [4.78, 5) is 15.4. The van der Waals surface area contributed by atoms with Gasteiger partial charge < -0.3 is 14.7 Å². The van der Waals surface area contributed by atoms with Crippen LogP contribution in [0.2, 0.25) is 0 Å². The second-order valence-electron chi connectivity index (χ2n) is 11.2. The van der Waals surface area contributed by atoms with E-state index in [0.29, 0.717) is 36.8 Å². The van der Waals surface area contributed by atoms with Crippen molar-refractivity contribution in [2.75, 3.05) is 39.3 Å². The molecule has 0 aliphatic carbocycles. The molecule has 2 aliphatic heterocycles. The Hall–Kier alpha value is -2.56. The Kier molecular flexibility index (Phi) is 9.96. The molecule has 1 N–H and O–H groups in total. The largest absolute Gasteiger partial charge is 0.356 e. The molecule has 39 heavy (non-hydrogen) atoms. The zero-order chi connectivity index (χ0) is 28.0. The molecule has 0 unspecified atom stereocenters. The van der Waals surface area contributed by atoms with E-state index in [1.54, 1.807) is 25.1 Å². The molecule has 0 spiro atoms. The molecule has 3 heterocycles. The van der Waals surface area contributed by atoms with Crippen LogP contribution in [0.15, 0.2) is 33.7 Å². The number of carbonyl (C=O) groups excluding carboxylic acids is 1. The molecular formula is C29H41FN4O4S. The summed E-state index contributed by atoms with van der Waals surface area (Å²) in [5, 5.41) is 6.99. The van der Waals surface area contributed by atoms with Gasteiger partial charge in [-0.2, -0.15) is 4.31 Å². The Balaban J connectivity index is 1.28. The Morgan fingerprint density at radius 1 is 1.13 bits per heavy atom. The number of nitrogens with zero attached hydrogens (tertiary/aromatic N) is 3. The average molecular weight is 561 g/mol. The van der Waals surface area contributed by atoms with Crippen LogP contribution in [-0.4, -0.2) is 68.0 Å². The molecule has 0 radical (unpaired) electrons. The number of benzene rings is 1. The van der Waals surface area contributed by atoms with Gasteiger partial charge in [-0.05, 0) is 88.7 Å². The smallest absolute Gasteiger partial charge is 0.248 e.